The van der Waals surface area contributed by atoms with Crippen LogP contribution in [0.2, 0.25) is 0 Å². The summed E-state index contributed by atoms with van der Waals surface area (Å²) in [5, 5.41) is 18.5. The zero-order chi connectivity index (χ0) is 7.00. The van der Waals surface area contributed by atoms with Gasteiger partial charge < -0.3 is 0 Å². The van der Waals surface area contributed by atoms with Crippen molar-refractivity contribution in [1.82, 2.24) is 0 Å². The summed E-state index contributed by atoms with van der Waals surface area (Å²) in [6.07, 6.45) is -5.03. The molecule has 0 saturated heterocycles. The topological polar surface area (TPSA) is 39.8 Å². The second-order valence-corrected chi connectivity index (χ2v) is 1.43. The van der Waals surface area contributed by atoms with Gasteiger partial charge in [0.2, 0.25) is 0 Å². The van der Waals surface area contributed by atoms with Crippen LogP contribution in [0.1, 0.15) is 6.92 Å². The average molecular weight is 128 g/mol. The molecule has 0 aliphatic rings. The monoisotopic (exact) mass is 128 g/mol. The summed E-state index contributed by atoms with van der Waals surface area (Å²) >= 11 is 0. The summed E-state index contributed by atoms with van der Waals surface area (Å²) in [5.74, 6) is -4.20. The molecule has 2 nitrogen and oxygen atoms in total. The number of halogens is 3. The Morgan fingerprint density at radius 1 is 1.12 bits per heavy atom. The van der Waals surface area contributed by atoms with E-state index in [9.17, 15) is 18.3 Å². The summed E-state index contributed by atoms with van der Waals surface area (Å²) in [6.45, 7) is -0.0139. The predicted molar refractivity (Wildman–Crippen MR) is 15.8 cm³/mol. The van der Waals surface area contributed by atoms with Crippen molar-refractivity contribution in [1.29, 1.82) is 0 Å². The minimum absolute atomic E-state index is 0.0139. The zero-order valence-corrected chi connectivity index (χ0v) is 3.95. The molecule has 1 unspecified atom stereocenters. The van der Waals surface area contributed by atoms with Gasteiger partial charge in [-0.1, -0.05) is 0 Å². The molecule has 0 bridgehead atoms. The van der Waals surface area contributed by atoms with Gasteiger partial charge in [0, 0.05) is 6.92 Å². The Morgan fingerprint density at radius 3 is 1.25 bits per heavy atom. The maximum absolute atomic E-state index is 11.3. The number of alkyl halides is 3. The fraction of sp³-hybridized carbons (Fsp3) is 1.00. The highest BCUT2D eigenvalue weighted by Gasteiger charge is 2.52. The Hall–Kier alpha value is -0.290. The third-order valence-corrected chi connectivity index (χ3v) is 0.520. The van der Waals surface area contributed by atoms with E-state index in [4.69, 9.17) is 5.11 Å². The molecule has 0 N–H and O–H groups in total. The molecule has 5 heteroatoms. The van der Waals surface area contributed by atoms with Crippen molar-refractivity contribution in [2.24, 2.45) is 0 Å². The van der Waals surface area contributed by atoms with E-state index in [1.807, 2.05) is 0 Å². The van der Waals surface area contributed by atoms with Crippen molar-refractivity contribution in [2.75, 3.05) is 0 Å². The van der Waals surface area contributed by atoms with Crippen LogP contribution < -0.4 is 0 Å². The van der Waals surface area contributed by atoms with Crippen LogP contribution in [0.4, 0.5) is 13.2 Å². The summed E-state index contributed by atoms with van der Waals surface area (Å²) in [5.41, 5.74) is 0. The van der Waals surface area contributed by atoms with Gasteiger partial charge in [0.15, 0.2) is 0 Å². The second-order valence-electron chi connectivity index (χ2n) is 1.43. The molecule has 0 aromatic rings. The molecule has 0 aromatic heterocycles. The molecule has 48 valence electrons. The normalized spacial score (nSPS) is 20.2. The lowest BCUT2D eigenvalue weighted by Crippen LogP contribution is -2.38. The molecule has 1 atom stereocenters. The van der Waals surface area contributed by atoms with E-state index in [2.05, 4.69) is 0 Å². The lowest BCUT2D eigenvalue weighted by Gasteiger charge is -2.13. The van der Waals surface area contributed by atoms with E-state index >= 15 is 0 Å². The molecule has 0 heterocycles. The van der Waals surface area contributed by atoms with Crippen molar-refractivity contribution in [3.05, 3.63) is 0 Å². The maximum atomic E-state index is 11.3. The van der Waals surface area contributed by atoms with Crippen LogP contribution in [-0.4, -0.2) is 12.0 Å². The molecular formula is C3H3F3O2. The third kappa shape index (κ3) is 1.67. The smallest absolute Gasteiger partial charge is 0.199 e. The van der Waals surface area contributed by atoms with Crippen LogP contribution in [0.5, 0.6) is 0 Å². The third-order valence-electron chi connectivity index (χ3n) is 0.520. The predicted octanol–water partition coefficient (Wildman–Crippen LogP) is 1.13. The van der Waals surface area contributed by atoms with Gasteiger partial charge in [-0.25, -0.2) is 0 Å². The highest BCUT2D eigenvalue weighted by atomic mass is 19.3. The van der Waals surface area contributed by atoms with Crippen LogP contribution in [0.25, 0.3) is 0 Å². The fourth-order valence-corrected chi connectivity index (χ4v) is 0. The van der Waals surface area contributed by atoms with Gasteiger partial charge >= 0.3 is 12.0 Å². The number of hydrogen-bond acceptors (Lipinski definition) is 0. The van der Waals surface area contributed by atoms with Crippen LogP contribution in [0.3, 0.4) is 0 Å². The van der Waals surface area contributed by atoms with E-state index in [0.29, 0.717) is 0 Å². The Labute approximate surface area is 43.6 Å². The molecule has 0 rings (SSSR count). The van der Waals surface area contributed by atoms with Crippen LogP contribution in [0, 0.1) is 0 Å². The molecule has 0 spiro atoms. The lowest BCUT2D eigenvalue weighted by atomic mass is 10.3. The van der Waals surface area contributed by atoms with Crippen LogP contribution >= 0.6 is 0 Å². The highest BCUT2D eigenvalue weighted by Crippen LogP contribution is 2.27. The first-order valence-corrected chi connectivity index (χ1v) is 1.73. The molecule has 8 heavy (non-hydrogen) atoms. The van der Waals surface area contributed by atoms with Gasteiger partial charge in [0.05, 0.1) is 0 Å². The first-order chi connectivity index (χ1) is 3.25. The minimum Gasteiger partial charge on any atom is -0.199 e. The van der Waals surface area contributed by atoms with E-state index < -0.39 is 12.0 Å². The highest BCUT2D eigenvalue weighted by molar-refractivity contribution is 4.65. The maximum Gasteiger partial charge on any atom is 0.442 e. The van der Waals surface area contributed by atoms with Gasteiger partial charge in [-0.2, -0.15) is 23.4 Å². The first-order valence-electron chi connectivity index (χ1n) is 1.73. The zero-order valence-electron chi connectivity index (χ0n) is 3.95. The molecule has 0 aliphatic carbocycles. The summed E-state index contributed by atoms with van der Waals surface area (Å²) in [6, 6.07) is 0. The van der Waals surface area contributed by atoms with Gasteiger partial charge in [0.25, 0.3) is 0 Å². The molecule has 2 radical (unpaired) electrons. The van der Waals surface area contributed by atoms with Gasteiger partial charge in [0.1, 0.15) is 0 Å². The van der Waals surface area contributed by atoms with E-state index in [0.717, 1.165) is 0 Å². The van der Waals surface area contributed by atoms with Crippen molar-refractivity contribution in [3.8, 4) is 0 Å². The number of hydrogen-bond donors (Lipinski definition) is 0. The minimum atomic E-state index is -5.03. The average Bonchev–Trinajstić information content (AvgIpc) is 1.25. The van der Waals surface area contributed by atoms with Crippen molar-refractivity contribution >= 4 is 0 Å². The summed E-state index contributed by atoms with van der Waals surface area (Å²) in [4.78, 5) is 0. The van der Waals surface area contributed by atoms with Gasteiger partial charge in [-0.3, -0.25) is 0 Å². The van der Waals surface area contributed by atoms with Gasteiger partial charge in [-0.15, -0.1) is 0 Å². The van der Waals surface area contributed by atoms with Crippen molar-refractivity contribution < 1.29 is 23.4 Å². The molecule has 0 aromatic carbocycles. The Kier molecular flexibility index (Phi) is 1.54. The molecule has 0 saturated carbocycles. The van der Waals surface area contributed by atoms with Crippen LogP contribution in [0.15, 0.2) is 0 Å². The standard InChI is InChI=1S/C3H3F3O2/c1-2(4,7)3(5,6)8/h1H3. The Morgan fingerprint density at radius 2 is 1.25 bits per heavy atom. The van der Waals surface area contributed by atoms with E-state index in [-0.39, 0.29) is 6.92 Å². The summed E-state index contributed by atoms with van der Waals surface area (Å²) in [7, 11) is 0. The quantitative estimate of drug-likeness (QED) is 0.507. The molecule has 0 amide bonds. The fourth-order valence-electron chi connectivity index (χ4n) is 0. The molecule has 0 fully saturated rings. The van der Waals surface area contributed by atoms with Gasteiger partial charge in [-0.05, 0) is 0 Å². The first kappa shape index (κ1) is 7.71. The van der Waals surface area contributed by atoms with Crippen molar-refractivity contribution in [3.63, 3.8) is 0 Å². The Bertz CT molecular complexity index is 67.5. The van der Waals surface area contributed by atoms with E-state index in [1.165, 1.54) is 0 Å². The van der Waals surface area contributed by atoms with Crippen LogP contribution in [-0.2, 0) is 10.2 Å². The second kappa shape index (κ2) is 1.60. The SMILES string of the molecule is CC([O])(F)C([O])(F)F. The molecule has 0 aliphatic heterocycles. The lowest BCUT2D eigenvalue weighted by molar-refractivity contribution is -0.387. The number of rotatable bonds is 1. The summed E-state index contributed by atoms with van der Waals surface area (Å²) < 4.78 is 33.2. The van der Waals surface area contributed by atoms with Crippen molar-refractivity contribution in [2.45, 2.75) is 18.9 Å². The Balaban J connectivity index is 4.02. The van der Waals surface area contributed by atoms with E-state index in [1.54, 1.807) is 0 Å². The molecular weight excluding hydrogens is 125 g/mol. The largest absolute Gasteiger partial charge is 0.442 e.